The van der Waals surface area contributed by atoms with Crippen molar-refractivity contribution in [1.82, 2.24) is 4.98 Å². The number of nitrogens with zero attached hydrogens (tertiary/aromatic N) is 1. The number of nitrogen functional groups attached to an aromatic ring is 1. The van der Waals surface area contributed by atoms with Gasteiger partial charge in [0.15, 0.2) is 0 Å². The number of aromatic nitrogens is 1. The predicted octanol–water partition coefficient (Wildman–Crippen LogP) is 3.26. The molecule has 3 aromatic rings. The molecule has 21 heavy (non-hydrogen) atoms. The molecule has 3 nitrogen and oxygen atoms in total. The number of anilines is 1. The fraction of sp³-hybridized carbons (Fsp3) is 0.0625. The molecule has 0 aliphatic heterocycles. The minimum Gasteiger partial charge on any atom is -0.398 e. The van der Waals surface area contributed by atoms with Crippen LogP contribution in [-0.4, -0.2) is 9.19 Å². The topological polar surface area (TPSA) is 56.0 Å². The molecule has 1 heterocycles. The number of nitrogens with two attached hydrogens (primary N) is 1. The Morgan fingerprint density at radius 1 is 1.14 bits per heavy atom. The van der Waals surface area contributed by atoms with Crippen LogP contribution in [0.5, 0.6) is 0 Å². The van der Waals surface area contributed by atoms with E-state index in [1.54, 1.807) is 6.20 Å². The maximum atomic E-state index is 13.3. The molecule has 1 unspecified atom stereocenters. The summed E-state index contributed by atoms with van der Waals surface area (Å²) >= 11 is 0. The second-order valence-electron chi connectivity index (χ2n) is 4.70. The smallest absolute Gasteiger partial charge is 0.124 e. The van der Waals surface area contributed by atoms with Gasteiger partial charge in [-0.1, -0.05) is 12.1 Å². The van der Waals surface area contributed by atoms with E-state index in [0.717, 1.165) is 16.5 Å². The molecular formula is C16H13FN2OS. The number of fused-ring (bicyclic) bond motifs is 1. The highest BCUT2D eigenvalue weighted by atomic mass is 32.2. The average molecular weight is 300 g/mol. The van der Waals surface area contributed by atoms with Crippen molar-refractivity contribution in [2.75, 3.05) is 5.73 Å². The molecule has 0 saturated heterocycles. The van der Waals surface area contributed by atoms with Gasteiger partial charge in [0, 0.05) is 17.3 Å². The van der Waals surface area contributed by atoms with Crippen LogP contribution in [0.2, 0.25) is 0 Å². The fourth-order valence-corrected chi connectivity index (χ4v) is 3.36. The summed E-state index contributed by atoms with van der Waals surface area (Å²) in [4.78, 5) is 4.57. The third kappa shape index (κ3) is 2.92. The van der Waals surface area contributed by atoms with Crippen LogP contribution in [0, 0.1) is 5.82 Å². The predicted molar refractivity (Wildman–Crippen MR) is 82.7 cm³/mol. The molecule has 0 spiro atoms. The van der Waals surface area contributed by atoms with Gasteiger partial charge in [0.1, 0.15) is 5.82 Å². The molecule has 1 aromatic heterocycles. The zero-order valence-electron chi connectivity index (χ0n) is 11.1. The number of hydrogen-bond donors (Lipinski definition) is 1. The van der Waals surface area contributed by atoms with Crippen molar-refractivity contribution in [3.05, 3.63) is 66.1 Å². The molecule has 106 valence electrons. The highest BCUT2D eigenvalue weighted by Crippen LogP contribution is 2.22. The Balaban J connectivity index is 1.90. The van der Waals surface area contributed by atoms with Crippen LogP contribution in [0.3, 0.4) is 0 Å². The normalized spacial score (nSPS) is 12.4. The van der Waals surface area contributed by atoms with Crippen LogP contribution < -0.4 is 5.73 Å². The van der Waals surface area contributed by atoms with Gasteiger partial charge in [-0.2, -0.15) is 0 Å². The summed E-state index contributed by atoms with van der Waals surface area (Å²) in [5.41, 5.74) is 7.90. The maximum Gasteiger partial charge on any atom is 0.124 e. The van der Waals surface area contributed by atoms with Crippen molar-refractivity contribution < 1.29 is 8.60 Å². The lowest BCUT2D eigenvalue weighted by Crippen LogP contribution is -2.01. The van der Waals surface area contributed by atoms with Gasteiger partial charge in [0.25, 0.3) is 0 Å². The van der Waals surface area contributed by atoms with Gasteiger partial charge in [-0.05, 0) is 42.0 Å². The van der Waals surface area contributed by atoms with Crippen LogP contribution >= 0.6 is 0 Å². The monoisotopic (exact) mass is 300 g/mol. The largest absolute Gasteiger partial charge is 0.398 e. The van der Waals surface area contributed by atoms with Gasteiger partial charge in [0.2, 0.25) is 0 Å². The Bertz CT molecular complexity index is 835. The first-order valence-corrected chi connectivity index (χ1v) is 7.72. The van der Waals surface area contributed by atoms with E-state index in [-0.39, 0.29) is 0 Å². The molecule has 0 radical (unpaired) electrons. The molecule has 0 bridgehead atoms. The van der Waals surface area contributed by atoms with Crippen molar-refractivity contribution in [1.29, 1.82) is 0 Å². The van der Waals surface area contributed by atoms with Gasteiger partial charge >= 0.3 is 0 Å². The van der Waals surface area contributed by atoms with Gasteiger partial charge in [0.05, 0.1) is 27.0 Å². The molecule has 2 aromatic carbocycles. The lowest BCUT2D eigenvalue weighted by molar-refractivity contribution is 0.623. The average Bonchev–Trinajstić information content (AvgIpc) is 2.49. The second kappa shape index (κ2) is 5.61. The first kappa shape index (κ1) is 13.7. The van der Waals surface area contributed by atoms with E-state index >= 15 is 0 Å². The summed E-state index contributed by atoms with van der Waals surface area (Å²) in [6, 6.07) is 13.4. The minimum absolute atomic E-state index is 0.290. The van der Waals surface area contributed by atoms with E-state index in [0.29, 0.717) is 16.3 Å². The van der Waals surface area contributed by atoms with E-state index < -0.39 is 16.6 Å². The zero-order valence-corrected chi connectivity index (χ0v) is 11.9. The summed E-state index contributed by atoms with van der Waals surface area (Å²) in [5.74, 6) is -0.145. The number of hydrogen-bond acceptors (Lipinski definition) is 3. The fourth-order valence-electron chi connectivity index (χ4n) is 2.15. The Labute approximate surface area is 124 Å². The van der Waals surface area contributed by atoms with Crippen molar-refractivity contribution in [3.8, 4) is 0 Å². The van der Waals surface area contributed by atoms with E-state index in [9.17, 15) is 8.60 Å². The van der Waals surface area contributed by atoms with E-state index in [1.807, 2.05) is 30.3 Å². The molecule has 1 atom stereocenters. The SMILES string of the molecule is Nc1ccc(F)cc1S(=O)Cc1ccc2ncccc2c1. The standard InChI is InChI=1S/C16H13FN2OS/c17-13-4-5-14(18)16(9-13)21(20)10-11-3-6-15-12(8-11)2-1-7-19-15/h1-9H,10,18H2. The van der Waals surface area contributed by atoms with Crippen LogP contribution in [0.4, 0.5) is 10.1 Å². The van der Waals surface area contributed by atoms with E-state index in [1.165, 1.54) is 18.2 Å². The van der Waals surface area contributed by atoms with Crippen LogP contribution in [0.15, 0.2) is 59.6 Å². The van der Waals surface area contributed by atoms with Crippen LogP contribution in [0.1, 0.15) is 5.56 Å². The summed E-state index contributed by atoms with van der Waals surface area (Å²) in [6.45, 7) is 0. The summed E-state index contributed by atoms with van der Waals surface area (Å²) in [7, 11) is -1.38. The highest BCUT2D eigenvalue weighted by Gasteiger charge is 2.10. The van der Waals surface area contributed by atoms with Crippen LogP contribution in [0.25, 0.3) is 10.9 Å². The third-order valence-electron chi connectivity index (χ3n) is 3.19. The first-order chi connectivity index (χ1) is 10.1. The third-order valence-corrected chi connectivity index (χ3v) is 4.63. The number of benzene rings is 2. The number of pyridine rings is 1. The van der Waals surface area contributed by atoms with Gasteiger partial charge in [-0.3, -0.25) is 9.19 Å². The molecular weight excluding hydrogens is 287 g/mol. The first-order valence-electron chi connectivity index (χ1n) is 6.40. The molecule has 3 rings (SSSR count). The minimum atomic E-state index is -1.38. The van der Waals surface area contributed by atoms with Crippen molar-refractivity contribution in [3.63, 3.8) is 0 Å². The van der Waals surface area contributed by atoms with E-state index in [4.69, 9.17) is 5.73 Å². The number of halogens is 1. The van der Waals surface area contributed by atoms with Crippen molar-refractivity contribution in [2.24, 2.45) is 0 Å². The maximum absolute atomic E-state index is 13.3. The molecule has 0 amide bonds. The molecule has 0 fully saturated rings. The molecule has 2 N–H and O–H groups in total. The van der Waals surface area contributed by atoms with Crippen LogP contribution in [-0.2, 0) is 16.6 Å². The lowest BCUT2D eigenvalue weighted by atomic mass is 10.1. The molecule has 0 aliphatic rings. The van der Waals surface area contributed by atoms with Crippen molar-refractivity contribution >= 4 is 27.4 Å². The van der Waals surface area contributed by atoms with Gasteiger partial charge < -0.3 is 5.73 Å². The highest BCUT2D eigenvalue weighted by molar-refractivity contribution is 7.84. The van der Waals surface area contributed by atoms with Gasteiger partial charge in [-0.15, -0.1) is 0 Å². The number of rotatable bonds is 3. The molecule has 5 heteroatoms. The Morgan fingerprint density at radius 2 is 2.00 bits per heavy atom. The summed E-state index contributed by atoms with van der Waals surface area (Å²) in [6.07, 6.45) is 1.73. The Morgan fingerprint density at radius 3 is 2.86 bits per heavy atom. The summed E-state index contributed by atoms with van der Waals surface area (Å²) in [5, 5.41) is 0.985. The Hall–Kier alpha value is -2.27. The van der Waals surface area contributed by atoms with Crippen molar-refractivity contribution in [2.45, 2.75) is 10.6 Å². The Kier molecular flexibility index (Phi) is 3.66. The van der Waals surface area contributed by atoms with Gasteiger partial charge in [-0.25, -0.2) is 4.39 Å². The van der Waals surface area contributed by atoms with E-state index in [2.05, 4.69) is 4.98 Å². The zero-order chi connectivity index (χ0) is 14.8. The molecule has 0 aliphatic carbocycles. The quantitative estimate of drug-likeness (QED) is 0.755. The molecule has 0 saturated carbocycles. The second-order valence-corrected chi connectivity index (χ2v) is 6.12. The lowest BCUT2D eigenvalue weighted by Gasteiger charge is -2.07. The summed E-state index contributed by atoms with van der Waals surface area (Å²) < 4.78 is 25.6.